The molecule has 70 valence electrons. The van der Waals surface area contributed by atoms with Crippen LogP contribution in [0.25, 0.3) is 0 Å². The number of fused-ring (bicyclic) bond motifs is 4. The first-order chi connectivity index (χ1) is 6.25. The van der Waals surface area contributed by atoms with E-state index in [-0.39, 0.29) is 0 Å². The predicted octanol–water partition coefficient (Wildman–Crippen LogP) is 2.03. The van der Waals surface area contributed by atoms with Crippen molar-refractivity contribution in [1.82, 2.24) is 9.88 Å². The molecule has 0 aliphatic carbocycles. The second-order valence-electron chi connectivity index (χ2n) is 3.97. The number of likely N-dealkylation sites (N-methyl/N-ethyl adjacent to an activating group) is 1. The van der Waals surface area contributed by atoms with Gasteiger partial charge in [-0.25, -0.2) is 0 Å². The Balaban J connectivity index is 2.16. The zero-order valence-corrected chi connectivity index (χ0v) is 8.36. The molecule has 0 aromatic carbocycles. The molecule has 2 unspecified atom stereocenters. The van der Waals surface area contributed by atoms with Crippen LogP contribution >= 0.6 is 12.2 Å². The smallest absolute Gasteiger partial charge is 0.266 e. The first kappa shape index (κ1) is 7.76. The molecule has 1 N–H and O–H groups in total. The van der Waals surface area contributed by atoms with E-state index in [1.54, 1.807) is 0 Å². The molecule has 2 aliphatic heterocycles. The molecule has 13 heavy (non-hydrogen) atoms. The van der Waals surface area contributed by atoms with E-state index in [4.69, 9.17) is 16.6 Å². The van der Waals surface area contributed by atoms with Gasteiger partial charge < -0.3 is 9.40 Å². The summed E-state index contributed by atoms with van der Waals surface area (Å²) in [5, 5.41) is 0. The van der Waals surface area contributed by atoms with Gasteiger partial charge in [-0.15, -0.1) is 0 Å². The molecule has 1 aromatic heterocycles. The lowest BCUT2D eigenvalue weighted by Gasteiger charge is -2.29. The zero-order chi connectivity index (χ0) is 9.00. The number of hydrogen-bond donors (Lipinski definition) is 1. The standard InChI is InChI=1S/C9H12N2OS/c1-11-5-2-3-7(11)8-6(4-5)10-9(13)12-8/h5,7H,2-4H2,1H3,(H,10,13). The predicted molar refractivity (Wildman–Crippen MR) is 51.1 cm³/mol. The van der Waals surface area contributed by atoms with Gasteiger partial charge in [-0.05, 0) is 32.1 Å². The van der Waals surface area contributed by atoms with E-state index in [0.717, 1.165) is 12.2 Å². The highest BCUT2D eigenvalue weighted by Gasteiger charge is 2.40. The fourth-order valence-corrected chi connectivity index (χ4v) is 2.82. The van der Waals surface area contributed by atoms with Crippen LogP contribution in [0.2, 0.25) is 0 Å². The van der Waals surface area contributed by atoms with Gasteiger partial charge in [0.15, 0.2) is 0 Å². The second-order valence-corrected chi connectivity index (χ2v) is 4.34. The average Bonchev–Trinajstić information content (AvgIpc) is 2.54. The lowest BCUT2D eigenvalue weighted by molar-refractivity contribution is 0.197. The van der Waals surface area contributed by atoms with Crippen LogP contribution in [0.1, 0.15) is 30.3 Å². The first-order valence-electron chi connectivity index (χ1n) is 4.69. The summed E-state index contributed by atoms with van der Waals surface area (Å²) in [4.78, 5) is 6.08. The molecule has 1 saturated heterocycles. The summed E-state index contributed by atoms with van der Waals surface area (Å²) in [6.07, 6.45) is 3.57. The van der Waals surface area contributed by atoms with E-state index >= 15 is 0 Å². The number of aromatic nitrogens is 1. The fourth-order valence-electron chi connectivity index (χ4n) is 2.60. The summed E-state index contributed by atoms with van der Waals surface area (Å²) in [6.45, 7) is 0. The van der Waals surface area contributed by atoms with Gasteiger partial charge in [0.05, 0.1) is 11.7 Å². The van der Waals surface area contributed by atoms with Gasteiger partial charge in [0, 0.05) is 12.5 Å². The largest absolute Gasteiger partial charge is 0.433 e. The number of oxazole rings is 1. The van der Waals surface area contributed by atoms with Crippen LogP contribution in [0.4, 0.5) is 0 Å². The van der Waals surface area contributed by atoms with Gasteiger partial charge in [-0.3, -0.25) is 4.90 Å². The zero-order valence-electron chi connectivity index (χ0n) is 7.54. The molecule has 2 bridgehead atoms. The second kappa shape index (κ2) is 2.45. The molecule has 3 nitrogen and oxygen atoms in total. The Bertz CT molecular complexity index is 395. The minimum absolute atomic E-state index is 0.474. The summed E-state index contributed by atoms with van der Waals surface area (Å²) in [5.41, 5.74) is 1.23. The summed E-state index contributed by atoms with van der Waals surface area (Å²) >= 11 is 4.99. The van der Waals surface area contributed by atoms with Gasteiger partial charge in [0.2, 0.25) is 0 Å². The molecule has 2 atom stereocenters. The third kappa shape index (κ3) is 0.957. The maximum Gasteiger partial charge on any atom is 0.266 e. The normalized spacial score (nSPS) is 32.1. The molecule has 2 aliphatic rings. The summed E-state index contributed by atoms with van der Waals surface area (Å²) in [6, 6.07) is 1.17. The maximum absolute atomic E-state index is 5.52. The molecule has 0 spiro atoms. The van der Waals surface area contributed by atoms with Gasteiger partial charge in [0.1, 0.15) is 5.76 Å². The van der Waals surface area contributed by atoms with Crippen LogP contribution in [-0.2, 0) is 6.42 Å². The van der Waals surface area contributed by atoms with Crippen LogP contribution in [0.5, 0.6) is 0 Å². The Hall–Kier alpha value is -0.610. The average molecular weight is 196 g/mol. The summed E-state index contributed by atoms with van der Waals surface area (Å²) in [5.74, 6) is 1.08. The summed E-state index contributed by atoms with van der Waals surface area (Å²) < 4.78 is 5.52. The molecular formula is C9H12N2OS. The molecular weight excluding hydrogens is 184 g/mol. The molecule has 0 radical (unpaired) electrons. The van der Waals surface area contributed by atoms with E-state index in [9.17, 15) is 0 Å². The lowest BCUT2D eigenvalue weighted by atomic mass is 10.1. The van der Waals surface area contributed by atoms with E-state index in [1.165, 1.54) is 18.5 Å². The van der Waals surface area contributed by atoms with Gasteiger partial charge >= 0.3 is 0 Å². The Morgan fingerprint density at radius 2 is 2.38 bits per heavy atom. The third-order valence-electron chi connectivity index (χ3n) is 3.34. The van der Waals surface area contributed by atoms with Crippen molar-refractivity contribution in [3.63, 3.8) is 0 Å². The minimum atomic E-state index is 0.474. The quantitative estimate of drug-likeness (QED) is 0.644. The molecule has 1 aromatic rings. The van der Waals surface area contributed by atoms with E-state index < -0.39 is 0 Å². The van der Waals surface area contributed by atoms with Crippen molar-refractivity contribution in [2.24, 2.45) is 0 Å². The Labute approximate surface area is 81.7 Å². The molecule has 4 heteroatoms. The van der Waals surface area contributed by atoms with Crippen LogP contribution in [0.15, 0.2) is 4.42 Å². The Kier molecular flexibility index (Phi) is 1.46. The number of H-pyrrole nitrogens is 1. The van der Waals surface area contributed by atoms with E-state index in [1.807, 2.05) is 0 Å². The van der Waals surface area contributed by atoms with Crippen molar-refractivity contribution in [2.45, 2.75) is 31.3 Å². The van der Waals surface area contributed by atoms with Crippen molar-refractivity contribution in [3.8, 4) is 0 Å². The van der Waals surface area contributed by atoms with Crippen molar-refractivity contribution in [2.75, 3.05) is 7.05 Å². The highest BCUT2D eigenvalue weighted by Crippen LogP contribution is 2.41. The number of aromatic amines is 1. The van der Waals surface area contributed by atoms with Crippen LogP contribution < -0.4 is 0 Å². The van der Waals surface area contributed by atoms with Gasteiger partial charge in [-0.2, -0.15) is 0 Å². The van der Waals surface area contributed by atoms with Crippen LogP contribution in [0, 0.1) is 4.84 Å². The van der Waals surface area contributed by atoms with E-state index in [2.05, 4.69) is 16.9 Å². The number of nitrogens with one attached hydrogen (secondary N) is 1. The molecule has 0 saturated carbocycles. The van der Waals surface area contributed by atoms with Crippen molar-refractivity contribution in [3.05, 3.63) is 16.3 Å². The van der Waals surface area contributed by atoms with Crippen molar-refractivity contribution < 1.29 is 4.42 Å². The molecule has 0 amide bonds. The Morgan fingerprint density at radius 3 is 3.23 bits per heavy atom. The number of rotatable bonds is 0. The highest BCUT2D eigenvalue weighted by molar-refractivity contribution is 7.71. The fraction of sp³-hybridized carbons (Fsp3) is 0.667. The van der Waals surface area contributed by atoms with Gasteiger partial charge in [0.25, 0.3) is 4.84 Å². The summed E-state index contributed by atoms with van der Waals surface area (Å²) in [7, 11) is 2.18. The molecule has 3 heterocycles. The topological polar surface area (TPSA) is 32.2 Å². The SMILES string of the molecule is CN1C2CCC1c1oc(=S)[nH]c1C2. The lowest BCUT2D eigenvalue weighted by Crippen LogP contribution is -2.33. The maximum atomic E-state index is 5.52. The first-order valence-corrected chi connectivity index (χ1v) is 5.10. The molecule has 3 rings (SSSR count). The number of hydrogen-bond acceptors (Lipinski definition) is 3. The monoisotopic (exact) mass is 196 g/mol. The van der Waals surface area contributed by atoms with Crippen LogP contribution in [-0.4, -0.2) is 23.0 Å². The third-order valence-corrected chi connectivity index (χ3v) is 3.52. The highest BCUT2D eigenvalue weighted by atomic mass is 32.1. The van der Waals surface area contributed by atoms with Crippen LogP contribution in [0.3, 0.4) is 0 Å². The van der Waals surface area contributed by atoms with E-state index in [0.29, 0.717) is 16.9 Å². The minimum Gasteiger partial charge on any atom is -0.433 e. The molecule has 1 fully saturated rings. The van der Waals surface area contributed by atoms with Crippen molar-refractivity contribution >= 4 is 12.2 Å². The number of nitrogens with zero attached hydrogens (tertiary/aromatic N) is 1. The van der Waals surface area contributed by atoms with Gasteiger partial charge in [-0.1, -0.05) is 0 Å². The Morgan fingerprint density at radius 1 is 1.54 bits per heavy atom. The van der Waals surface area contributed by atoms with Crippen molar-refractivity contribution in [1.29, 1.82) is 0 Å².